The van der Waals surface area contributed by atoms with Gasteiger partial charge in [-0.1, -0.05) is 12.1 Å². The smallest absolute Gasteiger partial charge is 0.293 e. The highest BCUT2D eigenvalue weighted by atomic mass is 19.3. The van der Waals surface area contributed by atoms with Crippen molar-refractivity contribution in [2.75, 3.05) is 19.0 Å². The van der Waals surface area contributed by atoms with E-state index in [-0.39, 0.29) is 24.5 Å². The average Bonchev–Trinajstić information content (AvgIpc) is 3.33. The predicted octanol–water partition coefficient (Wildman–Crippen LogP) is 2.96. The number of pyridine rings is 1. The van der Waals surface area contributed by atoms with Gasteiger partial charge in [0, 0.05) is 41.8 Å². The van der Waals surface area contributed by atoms with Crippen molar-refractivity contribution in [1.29, 1.82) is 0 Å². The highest BCUT2D eigenvalue weighted by Crippen LogP contribution is 2.30. The van der Waals surface area contributed by atoms with E-state index in [9.17, 15) is 18.4 Å². The molecule has 0 aliphatic carbocycles. The maximum atomic E-state index is 14.7. The van der Waals surface area contributed by atoms with Crippen molar-refractivity contribution in [2.24, 2.45) is 0 Å². The van der Waals surface area contributed by atoms with E-state index >= 15 is 0 Å². The number of benzene rings is 1. The van der Waals surface area contributed by atoms with E-state index in [2.05, 4.69) is 25.6 Å². The van der Waals surface area contributed by atoms with Gasteiger partial charge in [0.25, 0.3) is 11.5 Å². The zero-order valence-electron chi connectivity index (χ0n) is 19.1. The van der Waals surface area contributed by atoms with Crippen LogP contribution in [0, 0.1) is 6.92 Å². The van der Waals surface area contributed by atoms with Crippen molar-refractivity contribution in [3.8, 4) is 5.75 Å². The molecule has 0 saturated heterocycles. The van der Waals surface area contributed by atoms with Gasteiger partial charge >= 0.3 is 0 Å². The predicted molar refractivity (Wildman–Crippen MR) is 127 cm³/mol. The van der Waals surface area contributed by atoms with Gasteiger partial charge in [-0.3, -0.25) is 14.2 Å². The summed E-state index contributed by atoms with van der Waals surface area (Å²) in [6, 6.07) is 9.31. The van der Waals surface area contributed by atoms with E-state index in [0.29, 0.717) is 11.4 Å². The number of carbonyl (C=O) groups is 1. The molecule has 3 N–H and O–H groups in total. The molecule has 1 amide bonds. The van der Waals surface area contributed by atoms with Crippen molar-refractivity contribution in [3.05, 3.63) is 82.2 Å². The molecule has 1 aromatic carbocycles. The Hall–Kier alpha value is -4.28. The Balaban J connectivity index is 1.42. The van der Waals surface area contributed by atoms with E-state index in [0.717, 1.165) is 16.6 Å². The first kappa shape index (κ1) is 23.9. The Labute approximate surface area is 199 Å². The molecule has 3 aromatic heterocycles. The van der Waals surface area contributed by atoms with Crippen molar-refractivity contribution in [3.63, 3.8) is 0 Å². The maximum Gasteiger partial charge on any atom is 0.293 e. The van der Waals surface area contributed by atoms with Crippen LogP contribution in [0.4, 0.5) is 14.6 Å². The number of fused-ring (bicyclic) bond motifs is 1. The quantitative estimate of drug-likeness (QED) is 0.338. The van der Waals surface area contributed by atoms with Gasteiger partial charge in [-0.15, -0.1) is 0 Å². The van der Waals surface area contributed by atoms with E-state index < -0.39 is 23.9 Å². The maximum absolute atomic E-state index is 14.7. The zero-order chi connectivity index (χ0) is 25.0. The van der Waals surface area contributed by atoms with E-state index in [1.165, 1.54) is 36.1 Å². The molecule has 0 fully saturated rings. The fourth-order valence-corrected chi connectivity index (χ4v) is 3.52. The molecule has 0 unspecified atom stereocenters. The Morgan fingerprint density at radius 3 is 2.83 bits per heavy atom. The van der Waals surface area contributed by atoms with E-state index in [4.69, 9.17) is 4.74 Å². The second kappa shape index (κ2) is 9.92. The van der Waals surface area contributed by atoms with Crippen LogP contribution in [0.15, 0.2) is 59.8 Å². The topological polar surface area (TPSA) is 114 Å². The number of aromatic nitrogens is 4. The molecule has 0 atom stereocenters. The zero-order valence-corrected chi connectivity index (χ0v) is 19.1. The molecule has 0 radical (unpaired) electrons. The van der Waals surface area contributed by atoms with Crippen molar-refractivity contribution in [2.45, 2.75) is 25.9 Å². The summed E-state index contributed by atoms with van der Waals surface area (Å²) in [6.45, 7) is 0.698. The Morgan fingerprint density at radius 1 is 1.20 bits per heavy atom. The van der Waals surface area contributed by atoms with Crippen molar-refractivity contribution < 1.29 is 18.3 Å². The molecule has 0 saturated carbocycles. The number of anilines is 1. The first-order chi connectivity index (χ1) is 16.8. The molecule has 35 heavy (non-hydrogen) atoms. The summed E-state index contributed by atoms with van der Waals surface area (Å²) >= 11 is 0. The Bertz CT molecular complexity index is 1420. The number of H-pyrrole nitrogens is 1. The third-order valence-corrected chi connectivity index (χ3v) is 5.47. The number of hydrogen-bond donors (Lipinski definition) is 3. The minimum Gasteiger partial charge on any atom is -0.497 e. The molecule has 4 aromatic rings. The molecular formula is C24H24F2N6O3. The number of alkyl halides is 2. The summed E-state index contributed by atoms with van der Waals surface area (Å²) in [5.74, 6) is -3.67. The van der Waals surface area contributed by atoms with Crippen molar-refractivity contribution >= 4 is 22.8 Å². The Morgan fingerprint density at radius 2 is 2.03 bits per heavy atom. The highest BCUT2D eigenvalue weighted by molar-refractivity contribution is 5.77. The highest BCUT2D eigenvalue weighted by Gasteiger charge is 2.32. The lowest BCUT2D eigenvalue weighted by Crippen LogP contribution is -2.35. The van der Waals surface area contributed by atoms with Crippen molar-refractivity contribution in [1.82, 2.24) is 24.8 Å². The number of ether oxygens (including phenoxy) is 1. The molecule has 9 nitrogen and oxygen atoms in total. The fraction of sp³-hybridized carbons (Fsp3) is 0.250. The number of aromatic amines is 1. The molecule has 0 aliphatic heterocycles. The van der Waals surface area contributed by atoms with Crippen LogP contribution in [0.3, 0.4) is 0 Å². The number of amides is 1. The van der Waals surface area contributed by atoms with Gasteiger partial charge in [-0.05, 0) is 36.8 Å². The van der Waals surface area contributed by atoms with E-state index in [1.54, 1.807) is 25.4 Å². The van der Waals surface area contributed by atoms with Gasteiger partial charge in [-0.2, -0.15) is 8.78 Å². The molecule has 11 heteroatoms. The summed E-state index contributed by atoms with van der Waals surface area (Å²) in [5, 5.41) is 6.09. The number of aryl methyl sites for hydroxylation is 1. The average molecular weight is 482 g/mol. The van der Waals surface area contributed by atoms with Gasteiger partial charge < -0.3 is 20.4 Å². The minimum atomic E-state index is -3.29. The summed E-state index contributed by atoms with van der Waals surface area (Å²) < 4.78 is 35.6. The van der Waals surface area contributed by atoms with Gasteiger partial charge in [0.05, 0.1) is 13.7 Å². The number of halogens is 2. The van der Waals surface area contributed by atoms with Crippen LogP contribution in [0.5, 0.6) is 5.75 Å². The molecule has 0 spiro atoms. The monoisotopic (exact) mass is 482 g/mol. The van der Waals surface area contributed by atoms with Crippen LogP contribution in [-0.2, 0) is 23.8 Å². The molecular weight excluding hydrogens is 458 g/mol. The molecule has 0 aliphatic rings. The third-order valence-electron chi connectivity index (χ3n) is 5.47. The van der Waals surface area contributed by atoms with Gasteiger partial charge in [0.15, 0.2) is 5.82 Å². The van der Waals surface area contributed by atoms with Gasteiger partial charge in [0.2, 0.25) is 5.91 Å². The number of hydrogen-bond acceptors (Lipinski definition) is 6. The number of rotatable bonds is 9. The lowest BCUT2D eigenvalue weighted by Gasteiger charge is -2.19. The number of nitrogens with zero attached hydrogens (tertiary/aromatic N) is 3. The number of methoxy groups -OCH3 is 1. The summed E-state index contributed by atoms with van der Waals surface area (Å²) in [4.78, 5) is 36.6. The third kappa shape index (κ3) is 5.45. The molecule has 0 bridgehead atoms. The summed E-state index contributed by atoms with van der Waals surface area (Å²) in [7, 11) is 1.39. The first-order valence-corrected chi connectivity index (χ1v) is 10.8. The Kier molecular flexibility index (Phi) is 6.76. The fourth-order valence-electron chi connectivity index (χ4n) is 3.52. The molecule has 4 rings (SSSR count). The first-order valence-electron chi connectivity index (χ1n) is 10.8. The van der Waals surface area contributed by atoms with Crippen LogP contribution in [-0.4, -0.2) is 39.1 Å². The van der Waals surface area contributed by atoms with Gasteiger partial charge in [0.1, 0.15) is 17.9 Å². The van der Waals surface area contributed by atoms with Crippen LogP contribution < -0.4 is 20.9 Å². The minimum absolute atomic E-state index is 0.226. The lowest BCUT2D eigenvalue weighted by molar-refractivity contribution is -0.121. The van der Waals surface area contributed by atoms with Crippen LogP contribution in [0.25, 0.3) is 11.0 Å². The van der Waals surface area contributed by atoms with Crippen LogP contribution in [0.2, 0.25) is 0 Å². The lowest BCUT2D eigenvalue weighted by atomic mass is 10.1. The van der Waals surface area contributed by atoms with E-state index in [1.807, 2.05) is 12.1 Å². The molecule has 182 valence electrons. The SMILES string of the molecule is COc1cccc(C(F)(F)CNc2ncc(C)n(CC(=O)NCc3cnc4[nH]ccc4c3)c2=O)c1. The van der Waals surface area contributed by atoms with Crippen LogP contribution in [0.1, 0.15) is 16.8 Å². The summed E-state index contributed by atoms with van der Waals surface area (Å²) in [5.41, 5.74) is 1.04. The second-order valence-corrected chi connectivity index (χ2v) is 7.97. The van der Waals surface area contributed by atoms with Crippen LogP contribution >= 0.6 is 0 Å². The number of carbonyl (C=O) groups excluding carboxylic acids is 1. The molecule has 3 heterocycles. The number of nitrogens with one attached hydrogen (secondary N) is 3. The van der Waals surface area contributed by atoms with Gasteiger partial charge in [-0.25, -0.2) is 9.97 Å². The standard InChI is InChI=1S/C24H24F2N6O3/c1-15-10-29-22(31-14-24(25,26)18-4-3-5-19(9-18)35-2)23(34)32(15)13-20(33)28-11-16-8-17-6-7-27-21(17)30-12-16/h3-10,12H,11,13-14H2,1-2H3,(H,27,30)(H,28,33)(H,29,31). The largest absolute Gasteiger partial charge is 0.497 e. The second-order valence-electron chi connectivity index (χ2n) is 7.97. The summed E-state index contributed by atoms with van der Waals surface area (Å²) in [6.07, 6.45) is 4.77. The normalized spacial score (nSPS) is 11.4.